The Hall–Kier alpha value is -2.31. The normalized spacial score (nSPS) is 27.5. The highest BCUT2D eigenvalue weighted by Crippen LogP contribution is 2.60. The van der Waals surface area contributed by atoms with Gasteiger partial charge in [-0.3, -0.25) is 9.59 Å². The van der Waals surface area contributed by atoms with Crippen LogP contribution in [-0.4, -0.2) is 29.5 Å². The molecule has 1 unspecified atom stereocenters. The molecule has 0 spiro atoms. The fourth-order valence-electron chi connectivity index (χ4n) is 5.24. The van der Waals surface area contributed by atoms with Crippen LogP contribution in [0.4, 0.5) is 4.39 Å². The predicted molar refractivity (Wildman–Crippen MR) is 115 cm³/mol. The number of carbonyl (C=O) groups excluding carboxylic acids is 2. The number of rotatable bonds is 6. The second kappa shape index (κ2) is 7.38. The van der Waals surface area contributed by atoms with Gasteiger partial charge in [-0.15, -0.1) is 0 Å². The Morgan fingerprint density at radius 1 is 1.00 bits per heavy atom. The van der Waals surface area contributed by atoms with Crippen LogP contribution in [0.25, 0.3) is 0 Å². The first-order chi connectivity index (χ1) is 14.7. The Kier molecular flexibility index (Phi) is 4.90. The molecule has 5 nitrogen and oxygen atoms in total. The average molecular weight is 463 g/mol. The molecule has 1 atom stereocenters. The first-order valence-corrected chi connectivity index (χ1v) is 11.0. The highest BCUT2D eigenvalue weighted by molar-refractivity contribution is 6.31. The van der Waals surface area contributed by atoms with Crippen molar-refractivity contribution in [2.24, 2.45) is 5.92 Å². The third-order valence-electron chi connectivity index (χ3n) is 6.56. The van der Waals surface area contributed by atoms with Crippen molar-refractivity contribution < 1.29 is 18.7 Å². The molecule has 0 saturated heterocycles. The second-order valence-electron chi connectivity index (χ2n) is 9.01. The van der Waals surface area contributed by atoms with Crippen LogP contribution >= 0.6 is 23.2 Å². The molecule has 2 aromatic rings. The SMILES string of the molecule is O=C(COc1ccc(Cl)c(F)c1)NC12CC(NC(=O)C3Cc4ccc(Cl)cc4C3)(C1)C2. The molecule has 2 aromatic carbocycles. The summed E-state index contributed by atoms with van der Waals surface area (Å²) < 4.78 is 18.8. The van der Waals surface area contributed by atoms with Crippen LogP contribution in [-0.2, 0) is 22.4 Å². The number of amides is 2. The minimum Gasteiger partial charge on any atom is -0.484 e. The number of hydrogen-bond donors (Lipinski definition) is 2. The standard InChI is InChI=1S/C23H21Cl2FN2O3/c24-16-2-1-13-5-15(6-14(13)7-16)21(30)28-23-10-22(11-23,12-23)27-20(29)9-31-17-3-4-18(25)19(26)8-17/h1-4,7-8,15H,5-6,9-12H2,(H,27,29)(H,28,30). The number of ether oxygens (including phenoxy) is 1. The van der Waals surface area contributed by atoms with E-state index in [1.165, 1.54) is 17.7 Å². The summed E-state index contributed by atoms with van der Waals surface area (Å²) in [4.78, 5) is 25.0. The van der Waals surface area contributed by atoms with Crippen molar-refractivity contribution in [2.45, 2.75) is 43.2 Å². The number of hydrogen-bond acceptors (Lipinski definition) is 3. The average Bonchev–Trinajstić information content (AvgIpc) is 3.09. The lowest BCUT2D eigenvalue weighted by atomic mass is 9.44. The van der Waals surface area contributed by atoms with E-state index in [0.717, 1.165) is 37.3 Å². The smallest absolute Gasteiger partial charge is 0.258 e. The number of halogens is 3. The molecule has 3 fully saturated rings. The quantitative estimate of drug-likeness (QED) is 0.685. The minimum atomic E-state index is -0.592. The molecule has 2 N–H and O–H groups in total. The van der Waals surface area contributed by atoms with Gasteiger partial charge >= 0.3 is 0 Å². The lowest BCUT2D eigenvalue weighted by Gasteiger charge is -2.70. The Bertz CT molecular complexity index is 1070. The molecule has 0 radical (unpaired) electrons. The summed E-state index contributed by atoms with van der Waals surface area (Å²) in [6.07, 6.45) is 3.61. The molecule has 0 heterocycles. The molecule has 0 aliphatic heterocycles. The van der Waals surface area contributed by atoms with Crippen molar-refractivity contribution in [2.75, 3.05) is 6.61 Å². The molecule has 162 valence electrons. The fourth-order valence-corrected chi connectivity index (χ4v) is 5.55. The third-order valence-corrected chi connectivity index (χ3v) is 7.10. The van der Waals surface area contributed by atoms with Gasteiger partial charge in [-0.05, 0) is 67.5 Å². The number of nitrogens with one attached hydrogen (secondary N) is 2. The van der Waals surface area contributed by atoms with E-state index in [9.17, 15) is 14.0 Å². The third kappa shape index (κ3) is 3.87. The van der Waals surface area contributed by atoms with E-state index in [0.29, 0.717) is 11.4 Å². The van der Waals surface area contributed by atoms with E-state index < -0.39 is 5.82 Å². The van der Waals surface area contributed by atoms with E-state index in [1.54, 1.807) is 0 Å². The zero-order valence-corrected chi connectivity index (χ0v) is 18.2. The van der Waals surface area contributed by atoms with Gasteiger partial charge in [0, 0.05) is 28.1 Å². The van der Waals surface area contributed by atoms with E-state index >= 15 is 0 Å². The summed E-state index contributed by atoms with van der Waals surface area (Å²) in [7, 11) is 0. The molecule has 3 saturated carbocycles. The van der Waals surface area contributed by atoms with Crippen LogP contribution in [0, 0.1) is 11.7 Å². The molecule has 4 aliphatic rings. The predicted octanol–water partition coefficient (Wildman–Crippen LogP) is 3.83. The molecule has 31 heavy (non-hydrogen) atoms. The summed E-state index contributed by atoms with van der Waals surface area (Å²) in [5.74, 6) is -0.610. The number of fused-ring (bicyclic) bond motifs is 1. The van der Waals surface area contributed by atoms with Gasteiger partial charge in [-0.1, -0.05) is 29.3 Å². The Morgan fingerprint density at radius 3 is 2.45 bits per heavy atom. The number of carbonyl (C=O) groups is 2. The summed E-state index contributed by atoms with van der Waals surface area (Å²) in [6.45, 7) is -0.203. The van der Waals surface area contributed by atoms with Crippen LogP contribution in [0.2, 0.25) is 10.0 Å². The van der Waals surface area contributed by atoms with Crippen molar-refractivity contribution in [1.29, 1.82) is 0 Å². The Balaban J connectivity index is 1.08. The van der Waals surface area contributed by atoms with E-state index in [4.69, 9.17) is 27.9 Å². The maximum Gasteiger partial charge on any atom is 0.258 e. The van der Waals surface area contributed by atoms with Gasteiger partial charge in [-0.25, -0.2) is 4.39 Å². The van der Waals surface area contributed by atoms with Crippen LogP contribution in [0.1, 0.15) is 30.4 Å². The highest BCUT2D eigenvalue weighted by atomic mass is 35.5. The van der Waals surface area contributed by atoms with Gasteiger partial charge in [0.2, 0.25) is 5.91 Å². The van der Waals surface area contributed by atoms with E-state index in [-0.39, 0.29) is 46.2 Å². The van der Waals surface area contributed by atoms with Gasteiger partial charge in [0.05, 0.1) is 5.02 Å². The van der Waals surface area contributed by atoms with E-state index in [2.05, 4.69) is 10.6 Å². The van der Waals surface area contributed by atoms with Crippen molar-refractivity contribution >= 4 is 35.0 Å². The van der Waals surface area contributed by atoms with Crippen molar-refractivity contribution in [3.05, 3.63) is 63.4 Å². The summed E-state index contributed by atoms with van der Waals surface area (Å²) in [5.41, 5.74) is 1.85. The minimum absolute atomic E-state index is 0.00305. The lowest BCUT2D eigenvalue weighted by Crippen LogP contribution is -2.84. The summed E-state index contributed by atoms with van der Waals surface area (Å²) >= 11 is 11.7. The molecular formula is C23H21Cl2FN2O3. The molecule has 2 amide bonds. The zero-order valence-electron chi connectivity index (χ0n) is 16.6. The van der Waals surface area contributed by atoms with Gasteiger partial charge in [-0.2, -0.15) is 0 Å². The topological polar surface area (TPSA) is 67.4 Å². The summed E-state index contributed by atoms with van der Waals surface area (Å²) in [6, 6.07) is 9.85. The summed E-state index contributed by atoms with van der Waals surface area (Å²) in [5, 5.41) is 6.90. The highest BCUT2D eigenvalue weighted by Gasteiger charge is 2.69. The second-order valence-corrected chi connectivity index (χ2v) is 9.85. The Morgan fingerprint density at radius 2 is 1.71 bits per heavy atom. The van der Waals surface area contributed by atoms with Gasteiger partial charge < -0.3 is 15.4 Å². The van der Waals surface area contributed by atoms with Crippen molar-refractivity contribution in [1.82, 2.24) is 10.6 Å². The van der Waals surface area contributed by atoms with Gasteiger partial charge in [0.25, 0.3) is 5.91 Å². The monoisotopic (exact) mass is 462 g/mol. The fraction of sp³-hybridized carbons (Fsp3) is 0.391. The molecular weight excluding hydrogens is 442 g/mol. The first-order valence-electron chi connectivity index (χ1n) is 10.2. The molecule has 6 rings (SSSR count). The molecule has 2 bridgehead atoms. The maximum absolute atomic E-state index is 13.4. The molecule has 4 aliphatic carbocycles. The van der Waals surface area contributed by atoms with Crippen LogP contribution < -0.4 is 15.4 Å². The zero-order chi connectivity index (χ0) is 21.8. The van der Waals surface area contributed by atoms with Crippen LogP contribution in [0.15, 0.2) is 36.4 Å². The van der Waals surface area contributed by atoms with Crippen LogP contribution in [0.5, 0.6) is 5.75 Å². The lowest BCUT2D eigenvalue weighted by molar-refractivity contribution is -0.152. The van der Waals surface area contributed by atoms with Crippen molar-refractivity contribution in [3.8, 4) is 5.75 Å². The number of benzene rings is 2. The van der Waals surface area contributed by atoms with Crippen LogP contribution in [0.3, 0.4) is 0 Å². The maximum atomic E-state index is 13.4. The largest absolute Gasteiger partial charge is 0.484 e. The Labute approximate surface area is 189 Å². The first kappa shape index (κ1) is 20.6. The van der Waals surface area contributed by atoms with Gasteiger partial charge in [0.1, 0.15) is 11.6 Å². The van der Waals surface area contributed by atoms with Crippen molar-refractivity contribution in [3.63, 3.8) is 0 Å². The van der Waals surface area contributed by atoms with Gasteiger partial charge in [0.15, 0.2) is 6.61 Å². The molecule has 0 aromatic heterocycles. The van der Waals surface area contributed by atoms with E-state index in [1.807, 2.05) is 18.2 Å². The molecule has 8 heteroatoms.